The third kappa shape index (κ3) is 4.85. The molecule has 2 N–H and O–H groups in total. The van der Waals surface area contributed by atoms with Crippen molar-refractivity contribution in [3.63, 3.8) is 0 Å². The first-order chi connectivity index (χ1) is 16.6. The molecule has 1 aromatic carbocycles. The SMILES string of the molecule is O=C(COC(=O)C(F)(F)F)On1c(=O)[nH]c(=O)c2c1nc(N1CCNCC1)n2-c1ccccc1Cl. The molecule has 2 aromatic heterocycles. The topological polar surface area (TPSA) is 141 Å². The molecule has 16 heteroatoms. The number of nitrogens with one attached hydrogen (secondary N) is 2. The van der Waals surface area contributed by atoms with Crippen LogP contribution in [0.5, 0.6) is 0 Å². The maximum atomic E-state index is 12.8. The second-order valence-electron chi connectivity index (χ2n) is 7.20. The Morgan fingerprint density at radius 1 is 1.14 bits per heavy atom. The van der Waals surface area contributed by atoms with Gasteiger partial charge >= 0.3 is 23.8 Å². The van der Waals surface area contributed by atoms with E-state index in [0.29, 0.717) is 36.6 Å². The molecule has 0 amide bonds. The molecule has 1 fully saturated rings. The lowest BCUT2D eigenvalue weighted by molar-refractivity contribution is -0.201. The summed E-state index contributed by atoms with van der Waals surface area (Å²) in [6.07, 6.45) is -5.33. The molecule has 4 rings (SSSR count). The van der Waals surface area contributed by atoms with Gasteiger partial charge < -0.3 is 19.8 Å². The molecule has 1 aliphatic rings. The monoisotopic (exact) mass is 516 g/mol. The van der Waals surface area contributed by atoms with E-state index < -0.39 is 41.6 Å². The van der Waals surface area contributed by atoms with Gasteiger partial charge in [-0.2, -0.15) is 18.2 Å². The molecule has 1 saturated heterocycles. The molecule has 3 aromatic rings. The van der Waals surface area contributed by atoms with Gasteiger partial charge in [0.15, 0.2) is 12.1 Å². The van der Waals surface area contributed by atoms with Crippen molar-refractivity contribution in [3.05, 3.63) is 50.1 Å². The Kier molecular flexibility index (Phi) is 6.53. The smallest absolute Gasteiger partial charge is 0.447 e. The molecule has 12 nitrogen and oxygen atoms in total. The number of carbonyl (C=O) groups is 2. The summed E-state index contributed by atoms with van der Waals surface area (Å²) in [5, 5.41) is 3.41. The van der Waals surface area contributed by atoms with Crippen molar-refractivity contribution >= 4 is 40.7 Å². The van der Waals surface area contributed by atoms with Crippen molar-refractivity contribution in [2.75, 3.05) is 37.7 Å². The van der Waals surface area contributed by atoms with Crippen LogP contribution in [0.4, 0.5) is 19.1 Å². The first-order valence-electron chi connectivity index (χ1n) is 10.0. The van der Waals surface area contributed by atoms with Crippen molar-refractivity contribution in [3.8, 4) is 5.69 Å². The molecule has 0 atom stereocenters. The molecule has 186 valence electrons. The van der Waals surface area contributed by atoms with Crippen molar-refractivity contribution in [1.29, 1.82) is 0 Å². The number of benzene rings is 1. The second-order valence-corrected chi connectivity index (χ2v) is 7.61. The van der Waals surface area contributed by atoms with E-state index in [-0.39, 0.29) is 16.5 Å². The zero-order chi connectivity index (χ0) is 25.3. The zero-order valence-electron chi connectivity index (χ0n) is 17.6. The van der Waals surface area contributed by atoms with Gasteiger partial charge in [-0.05, 0) is 12.1 Å². The third-order valence-electron chi connectivity index (χ3n) is 4.89. The van der Waals surface area contributed by atoms with E-state index >= 15 is 0 Å². The van der Waals surface area contributed by atoms with Gasteiger partial charge in [0, 0.05) is 26.2 Å². The minimum absolute atomic E-state index is 0.207. The van der Waals surface area contributed by atoms with Crippen LogP contribution in [0.1, 0.15) is 0 Å². The fourth-order valence-electron chi connectivity index (χ4n) is 3.40. The van der Waals surface area contributed by atoms with Crippen LogP contribution in [0.2, 0.25) is 5.02 Å². The highest BCUT2D eigenvalue weighted by atomic mass is 35.5. The van der Waals surface area contributed by atoms with E-state index in [0.717, 1.165) is 0 Å². The summed E-state index contributed by atoms with van der Waals surface area (Å²) >= 11 is 6.36. The number of para-hydroxylation sites is 1. The minimum Gasteiger partial charge on any atom is -0.447 e. The number of hydrogen-bond donors (Lipinski definition) is 2. The predicted octanol–water partition coefficient (Wildman–Crippen LogP) is -0.000800. The van der Waals surface area contributed by atoms with E-state index in [9.17, 15) is 32.3 Å². The number of ether oxygens (including phenoxy) is 1. The van der Waals surface area contributed by atoms with Crippen LogP contribution in [-0.4, -0.2) is 70.2 Å². The molecule has 0 radical (unpaired) electrons. The summed E-state index contributed by atoms with van der Waals surface area (Å²) in [6, 6.07) is 6.50. The van der Waals surface area contributed by atoms with E-state index in [1.165, 1.54) is 4.57 Å². The van der Waals surface area contributed by atoms with Crippen molar-refractivity contribution in [1.82, 2.24) is 24.6 Å². The summed E-state index contributed by atoms with van der Waals surface area (Å²) in [6.45, 7) is 0.691. The number of rotatable bonds is 5. The number of piperazine rings is 1. The Balaban J connectivity index is 1.82. The number of anilines is 1. The van der Waals surface area contributed by atoms with E-state index in [2.05, 4.69) is 15.0 Å². The highest BCUT2D eigenvalue weighted by Crippen LogP contribution is 2.29. The fraction of sp³-hybridized carbons (Fsp3) is 0.316. The largest absolute Gasteiger partial charge is 0.490 e. The van der Waals surface area contributed by atoms with Gasteiger partial charge in [-0.25, -0.2) is 14.4 Å². The van der Waals surface area contributed by atoms with Gasteiger partial charge in [-0.1, -0.05) is 28.5 Å². The number of imidazole rings is 1. The first-order valence-corrected chi connectivity index (χ1v) is 10.4. The Labute approximate surface area is 197 Å². The van der Waals surface area contributed by atoms with E-state index in [1.807, 2.05) is 4.98 Å². The lowest BCUT2D eigenvalue weighted by Crippen LogP contribution is -2.44. The van der Waals surface area contributed by atoms with Crippen LogP contribution >= 0.6 is 11.6 Å². The van der Waals surface area contributed by atoms with Gasteiger partial charge in [0.25, 0.3) is 5.56 Å². The number of aromatic nitrogens is 4. The maximum Gasteiger partial charge on any atom is 0.490 e. The van der Waals surface area contributed by atoms with Gasteiger partial charge in [0.05, 0.1) is 10.7 Å². The van der Waals surface area contributed by atoms with E-state index in [4.69, 9.17) is 16.4 Å². The van der Waals surface area contributed by atoms with Gasteiger partial charge in [0.1, 0.15) is 0 Å². The Morgan fingerprint density at radius 3 is 2.49 bits per heavy atom. The fourth-order valence-corrected chi connectivity index (χ4v) is 3.62. The average molecular weight is 517 g/mol. The van der Waals surface area contributed by atoms with Gasteiger partial charge in [-0.3, -0.25) is 14.3 Å². The molecule has 3 heterocycles. The highest BCUT2D eigenvalue weighted by molar-refractivity contribution is 6.32. The second kappa shape index (κ2) is 9.42. The van der Waals surface area contributed by atoms with Crippen LogP contribution < -0.4 is 26.3 Å². The molecule has 0 saturated carbocycles. The zero-order valence-corrected chi connectivity index (χ0v) is 18.4. The number of hydrogen-bond acceptors (Lipinski definition) is 9. The first kappa shape index (κ1) is 24.3. The number of aromatic amines is 1. The molecular weight excluding hydrogens is 501 g/mol. The maximum absolute atomic E-state index is 12.8. The Hall–Kier alpha value is -3.85. The number of alkyl halides is 3. The number of carbonyl (C=O) groups excluding carboxylic acids is 2. The summed E-state index contributed by atoms with van der Waals surface area (Å²) < 4.78 is 42.5. The number of H-pyrrole nitrogens is 1. The average Bonchev–Trinajstić information content (AvgIpc) is 3.21. The lowest BCUT2D eigenvalue weighted by Gasteiger charge is -2.28. The van der Waals surface area contributed by atoms with Crippen LogP contribution in [0.25, 0.3) is 16.9 Å². The van der Waals surface area contributed by atoms with Crippen LogP contribution in [-0.2, 0) is 14.3 Å². The number of nitrogens with zero attached hydrogens (tertiary/aromatic N) is 4. The summed E-state index contributed by atoms with van der Waals surface area (Å²) in [4.78, 5) is 61.1. The molecule has 0 aliphatic carbocycles. The van der Waals surface area contributed by atoms with Gasteiger partial charge in [0.2, 0.25) is 11.6 Å². The molecule has 0 spiro atoms. The summed E-state index contributed by atoms with van der Waals surface area (Å²) in [5.41, 5.74) is -2.39. The highest BCUT2D eigenvalue weighted by Gasteiger charge is 2.41. The van der Waals surface area contributed by atoms with Crippen molar-refractivity contribution in [2.24, 2.45) is 0 Å². The van der Waals surface area contributed by atoms with Gasteiger partial charge in [-0.15, -0.1) is 0 Å². The quantitative estimate of drug-likeness (QED) is 0.448. The van der Waals surface area contributed by atoms with Crippen LogP contribution in [0, 0.1) is 0 Å². The molecule has 1 aliphatic heterocycles. The van der Waals surface area contributed by atoms with Crippen LogP contribution in [0.3, 0.4) is 0 Å². The van der Waals surface area contributed by atoms with Crippen molar-refractivity contribution < 1.29 is 32.3 Å². The molecule has 0 bridgehead atoms. The standard InChI is InChI=1S/C19H16ClF3N6O6/c20-10-3-1-2-4-11(10)28-13-14(25-17(28)27-7-5-24-6-8-27)29(18(33)26-15(13)31)35-12(30)9-34-16(32)19(21,22)23/h1-4,24H,5-9H2,(H,26,31,33). The lowest BCUT2D eigenvalue weighted by atomic mass is 10.3. The number of esters is 1. The van der Waals surface area contributed by atoms with E-state index in [1.54, 1.807) is 29.2 Å². The summed E-state index contributed by atoms with van der Waals surface area (Å²) in [5.74, 6) is -3.93. The number of fused-ring (bicyclic) bond motifs is 1. The minimum atomic E-state index is -5.33. The Bertz CT molecular complexity index is 1410. The molecule has 35 heavy (non-hydrogen) atoms. The predicted molar refractivity (Wildman–Crippen MR) is 115 cm³/mol. The molecular formula is C19H16ClF3N6O6. The Morgan fingerprint density at radius 2 is 1.83 bits per heavy atom. The summed E-state index contributed by atoms with van der Waals surface area (Å²) in [7, 11) is 0. The normalized spacial score (nSPS) is 14.2. The molecule has 0 unspecified atom stereocenters. The number of halogens is 4. The van der Waals surface area contributed by atoms with Crippen molar-refractivity contribution in [2.45, 2.75) is 6.18 Å². The van der Waals surface area contributed by atoms with Crippen LogP contribution in [0.15, 0.2) is 33.9 Å². The third-order valence-corrected chi connectivity index (χ3v) is 5.21.